The van der Waals surface area contributed by atoms with Crippen molar-refractivity contribution in [1.29, 1.82) is 0 Å². The maximum Gasteiger partial charge on any atom is 0.258 e. The van der Waals surface area contributed by atoms with Gasteiger partial charge in [-0.2, -0.15) is 0 Å². The molecule has 0 aliphatic heterocycles. The minimum Gasteiger partial charge on any atom is -0.325 e. The van der Waals surface area contributed by atoms with E-state index in [0.29, 0.717) is 23.6 Å². The summed E-state index contributed by atoms with van der Waals surface area (Å²) < 4.78 is 0. The van der Waals surface area contributed by atoms with Crippen molar-refractivity contribution in [3.8, 4) is 0 Å². The lowest BCUT2D eigenvalue weighted by atomic mass is 10.0. The van der Waals surface area contributed by atoms with E-state index in [-0.39, 0.29) is 11.8 Å². The zero-order chi connectivity index (χ0) is 18.4. The smallest absolute Gasteiger partial charge is 0.258 e. The van der Waals surface area contributed by atoms with Crippen LogP contribution in [-0.2, 0) is 4.79 Å². The molecule has 0 fully saturated rings. The van der Waals surface area contributed by atoms with Gasteiger partial charge in [0.05, 0.1) is 6.04 Å². The molecule has 0 aliphatic rings. The van der Waals surface area contributed by atoms with Gasteiger partial charge in [-0.25, -0.2) is 0 Å². The molecule has 132 valence electrons. The Bertz CT molecular complexity index is 729. The van der Waals surface area contributed by atoms with Crippen LogP contribution < -0.4 is 16.0 Å². The maximum absolute atomic E-state index is 12.7. The van der Waals surface area contributed by atoms with E-state index in [1.807, 2.05) is 44.2 Å². The number of hydrogen-bond acceptors (Lipinski definition) is 3. The first-order valence-electron chi connectivity index (χ1n) is 8.38. The quantitative estimate of drug-likeness (QED) is 0.848. The third-order valence-electron chi connectivity index (χ3n) is 3.89. The number of anilines is 2. The van der Waals surface area contributed by atoms with Crippen molar-refractivity contribution in [1.82, 2.24) is 0 Å². The lowest BCUT2D eigenvalue weighted by molar-refractivity contribution is -0.117. The Morgan fingerprint density at radius 1 is 1.08 bits per heavy atom. The minimum atomic E-state index is -0.564. The highest BCUT2D eigenvalue weighted by atomic mass is 16.2. The van der Waals surface area contributed by atoms with Crippen LogP contribution in [0.3, 0.4) is 0 Å². The highest BCUT2D eigenvalue weighted by Crippen LogP contribution is 2.18. The van der Waals surface area contributed by atoms with Gasteiger partial charge in [-0.05, 0) is 42.7 Å². The fourth-order valence-corrected chi connectivity index (χ4v) is 2.54. The van der Waals surface area contributed by atoms with Gasteiger partial charge in [0.1, 0.15) is 0 Å². The number of nitrogens with two attached hydrogens (primary N) is 1. The second-order valence-electron chi connectivity index (χ2n) is 6.51. The van der Waals surface area contributed by atoms with E-state index in [1.54, 1.807) is 36.2 Å². The molecule has 2 aromatic rings. The monoisotopic (exact) mass is 339 g/mol. The highest BCUT2D eigenvalue weighted by Gasteiger charge is 2.17. The van der Waals surface area contributed by atoms with Crippen molar-refractivity contribution < 1.29 is 9.59 Å². The predicted octanol–water partition coefficient (Wildman–Crippen LogP) is 3.28. The first kappa shape index (κ1) is 18.7. The molecule has 2 amide bonds. The van der Waals surface area contributed by atoms with Gasteiger partial charge >= 0.3 is 0 Å². The van der Waals surface area contributed by atoms with E-state index >= 15 is 0 Å². The number of para-hydroxylation sites is 1. The number of rotatable bonds is 6. The van der Waals surface area contributed by atoms with Crippen molar-refractivity contribution in [2.45, 2.75) is 26.3 Å². The van der Waals surface area contributed by atoms with E-state index in [0.717, 1.165) is 5.69 Å². The minimum absolute atomic E-state index is 0.145. The molecule has 0 heterocycles. The Morgan fingerprint density at radius 3 is 2.40 bits per heavy atom. The molecule has 0 bridgehead atoms. The Labute approximate surface area is 148 Å². The second kappa shape index (κ2) is 8.44. The molecule has 5 nitrogen and oxygen atoms in total. The molecule has 5 heteroatoms. The standard InChI is InChI=1S/C20H25N3O2/c1-14(2)12-18(21)19(24)22-16-9-7-8-15(13-16)20(25)23(3)17-10-5-4-6-11-17/h4-11,13-14,18H,12,21H2,1-3H3,(H,22,24)/t18-/m0/s1. The topological polar surface area (TPSA) is 75.4 Å². The molecule has 0 radical (unpaired) electrons. The van der Waals surface area contributed by atoms with Crippen LogP contribution in [0.5, 0.6) is 0 Å². The zero-order valence-corrected chi connectivity index (χ0v) is 14.9. The van der Waals surface area contributed by atoms with E-state index in [2.05, 4.69) is 5.32 Å². The van der Waals surface area contributed by atoms with Gasteiger partial charge < -0.3 is 16.0 Å². The summed E-state index contributed by atoms with van der Waals surface area (Å²) in [6, 6.07) is 15.7. The summed E-state index contributed by atoms with van der Waals surface area (Å²) >= 11 is 0. The highest BCUT2D eigenvalue weighted by molar-refractivity contribution is 6.06. The van der Waals surface area contributed by atoms with E-state index in [9.17, 15) is 9.59 Å². The normalized spacial score (nSPS) is 11.9. The van der Waals surface area contributed by atoms with Gasteiger partial charge in [-0.3, -0.25) is 9.59 Å². The van der Waals surface area contributed by atoms with Gasteiger partial charge in [0.15, 0.2) is 0 Å². The fourth-order valence-electron chi connectivity index (χ4n) is 2.54. The summed E-state index contributed by atoms with van der Waals surface area (Å²) in [7, 11) is 1.72. The fraction of sp³-hybridized carbons (Fsp3) is 0.300. The van der Waals surface area contributed by atoms with Crippen molar-refractivity contribution >= 4 is 23.2 Å². The molecule has 0 spiro atoms. The molecule has 0 unspecified atom stereocenters. The number of nitrogens with one attached hydrogen (secondary N) is 1. The molecule has 0 saturated heterocycles. The predicted molar refractivity (Wildman–Crippen MR) is 102 cm³/mol. The van der Waals surface area contributed by atoms with Crippen LogP contribution in [0, 0.1) is 5.92 Å². The number of carbonyl (C=O) groups is 2. The van der Waals surface area contributed by atoms with Crippen molar-refractivity contribution in [2.75, 3.05) is 17.3 Å². The van der Waals surface area contributed by atoms with Crippen LogP contribution in [-0.4, -0.2) is 24.9 Å². The van der Waals surface area contributed by atoms with E-state index in [4.69, 9.17) is 5.73 Å². The number of amides is 2. The summed E-state index contributed by atoms with van der Waals surface area (Å²) in [6.07, 6.45) is 0.612. The third-order valence-corrected chi connectivity index (χ3v) is 3.89. The molecule has 25 heavy (non-hydrogen) atoms. The summed E-state index contributed by atoms with van der Waals surface area (Å²) in [5, 5.41) is 2.79. The lowest BCUT2D eigenvalue weighted by Gasteiger charge is -2.18. The van der Waals surface area contributed by atoms with Gasteiger partial charge in [-0.1, -0.05) is 38.1 Å². The molecule has 1 atom stereocenters. The molecule has 0 aliphatic carbocycles. The molecule has 0 saturated carbocycles. The van der Waals surface area contributed by atoms with Crippen LogP contribution in [0.1, 0.15) is 30.6 Å². The Balaban J connectivity index is 2.10. The van der Waals surface area contributed by atoms with Crippen LogP contribution in [0.2, 0.25) is 0 Å². The molecule has 2 rings (SSSR count). The molecule has 2 aromatic carbocycles. The van der Waals surface area contributed by atoms with Crippen molar-refractivity contribution in [3.05, 3.63) is 60.2 Å². The van der Waals surface area contributed by atoms with Gasteiger partial charge in [0.2, 0.25) is 5.91 Å². The van der Waals surface area contributed by atoms with Crippen LogP contribution in [0.25, 0.3) is 0 Å². The largest absolute Gasteiger partial charge is 0.325 e. The first-order valence-corrected chi connectivity index (χ1v) is 8.38. The number of carbonyl (C=O) groups excluding carboxylic acids is 2. The number of benzene rings is 2. The summed E-state index contributed by atoms with van der Waals surface area (Å²) in [6.45, 7) is 4.04. The molecule has 3 N–H and O–H groups in total. The number of nitrogens with zero attached hydrogens (tertiary/aromatic N) is 1. The van der Waals surface area contributed by atoms with E-state index < -0.39 is 6.04 Å². The summed E-state index contributed by atoms with van der Waals surface area (Å²) in [4.78, 5) is 26.4. The van der Waals surface area contributed by atoms with Crippen LogP contribution in [0.15, 0.2) is 54.6 Å². The van der Waals surface area contributed by atoms with E-state index in [1.165, 1.54) is 0 Å². The summed E-state index contributed by atoms with van der Waals surface area (Å²) in [5.41, 5.74) is 7.77. The second-order valence-corrected chi connectivity index (χ2v) is 6.51. The zero-order valence-electron chi connectivity index (χ0n) is 14.9. The van der Waals surface area contributed by atoms with Crippen molar-refractivity contribution in [3.63, 3.8) is 0 Å². The third kappa shape index (κ3) is 5.16. The lowest BCUT2D eigenvalue weighted by Crippen LogP contribution is -2.36. The summed E-state index contributed by atoms with van der Waals surface area (Å²) in [5.74, 6) is -0.0447. The SMILES string of the molecule is CC(C)C[C@H](N)C(=O)Nc1cccc(C(=O)N(C)c2ccccc2)c1. The van der Waals surface area contributed by atoms with Crippen LogP contribution >= 0.6 is 0 Å². The molecular weight excluding hydrogens is 314 g/mol. The number of hydrogen-bond donors (Lipinski definition) is 2. The Hall–Kier alpha value is -2.66. The van der Waals surface area contributed by atoms with Gasteiger partial charge in [0.25, 0.3) is 5.91 Å². The van der Waals surface area contributed by atoms with Crippen molar-refractivity contribution in [2.24, 2.45) is 11.7 Å². The van der Waals surface area contributed by atoms with Crippen LogP contribution in [0.4, 0.5) is 11.4 Å². The molecular formula is C20H25N3O2. The average molecular weight is 339 g/mol. The molecule has 0 aromatic heterocycles. The Kier molecular flexibility index (Phi) is 6.31. The average Bonchev–Trinajstić information content (AvgIpc) is 2.60. The van der Waals surface area contributed by atoms with Gasteiger partial charge in [-0.15, -0.1) is 0 Å². The maximum atomic E-state index is 12.7. The Morgan fingerprint density at radius 2 is 1.76 bits per heavy atom. The first-order chi connectivity index (χ1) is 11.9. The van der Waals surface area contributed by atoms with Gasteiger partial charge in [0, 0.05) is 24.0 Å².